The molecule has 0 aromatic heterocycles. The van der Waals surface area contributed by atoms with Gasteiger partial charge >= 0.3 is 71.4 Å². The number of phenols is 2. The zero-order chi connectivity index (χ0) is 44.3. The van der Waals surface area contributed by atoms with E-state index < -0.39 is 0 Å². The van der Waals surface area contributed by atoms with Gasteiger partial charge < -0.3 is 10.2 Å². The molecule has 0 aliphatic carbocycles. The van der Waals surface area contributed by atoms with E-state index in [1.54, 1.807) is 35.5 Å². The minimum absolute atomic E-state index is 0.0239. The van der Waals surface area contributed by atoms with Gasteiger partial charge in [0.2, 0.25) is 0 Å². The summed E-state index contributed by atoms with van der Waals surface area (Å²) in [6.07, 6.45) is 0.715. The van der Waals surface area contributed by atoms with Crippen molar-refractivity contribution < 1.29 is 33.5 Å². The third-order valence-electron chi connectivity index (χ3n) is 10.6. The van der Waals surface area contributed by atoms with Crippen LogP contribution in [-0.4, -0.2) is 16.4 Å². The van der Waals surface area contributed by atoms with Crippen molar-refractivity contribution in [1.82, 2.24) is 0 Å². The van der Waals surface area contributed by atoms with E-state index in [4.69, 9.17) is 0 Å². The molecule has 0 unspecified atom stereocenters. The van der Waals surface area contributed by atoms with Crippen LogP contribution in [0.2, 0.25) is 0 Å². The number of rotatable bonds is 2. The molecule has 0 amide bonds. The van der Waals surface area contributed by atoms with Gasteiger partial charge in [0, 0.05) is 0 Å². The maximum atomic E-state index is 9.57. The Morgan fingerprint density at radius 1 is 0.459 bits per heavy atom. The number of hydrogen-bond donors (Lipinski definition) is 2. The number of aromatic hydroxyl groups is 2. The summed E-state index contributed by atoms with van der Waals surface area (Å²) in [4.78, 5) is 0. The molecule has 0 aliphatic heterocycles. The van der Waals surface area contributed by atoms with E-state index in [2.05, 4.69) is 183 Å². The molecule has 0 fully saturated rings. The second kappa shape index (κ2) is 21.2. The van der Waals surface area contributed by atoms with Crippen LogP contribution in [0, 0.1) is 27.7 Å². The van der Waals surface area contributed by atoms with Gasteiger partial charge in [0.25, 0.3) is 0 Å². The van der Waals surface area contributed by atoms with Gasteiger partial charge in [-0.2, -0.15) is 12.1 Å². The van der Waals surface area contributed by atoms with Gasteiger partial charge in [-0.25, -0.2) is 0 Å². The third-order valence-corrected chi connectivity index (χ3v) is 12.8. The topological polar surface area (TPSA) is 40.5 Å². The van der Waals surface area contributed by atoms with Crippen LogP contribution in [0.1, 0.15) is 80.5 Å². The minimum atomic E-state index is 0.0239. The molecule has 2 nitrogen and oxygen atoms in total. The average molecular weight is 898 g/mol. The van der Waals surface area contributed by atoms with Gasteiger partial charge in [-0.3, -0.25) is 0 Å². The van der Waals surface area contributed by atoms with E-state index in [9.17, 15) is 10.2 Å². The quantitative estimate of drug-likeness (QED) is 0.134. The number of phenolic OH excluding ortho intramolecular Hbond substituents is 2. The van der Waals surface area contributed by atoms with Gasteiger partial charge in [-0.1, -0.05) is 173 Å². The predicted molar refractivity (Wildman–Crippen MR) is 264 cm³/mol. The summed E-state index contributed by atoms with van der Waals surface area (Å²) >= 11 is 1.72. The van der Waals surface area contributed by atoms with Crippen LogP contribution < -0.4 is 0 Å². The molecule has 9 aromatic carbocycles. The third kappa shape index (κ3) is 13.2. The molecule has 0 heterocycles. The molecular formula is C57H62O2SiZr. The summed E-state index contributed by atoms with van der Waals surface area (Å²) in [5.74, 6) is 0.793. The average Bonchev–Trinajstić information content (AvgIpc) is 3.82. The van der Waals surface area contributed by atoms with Crippen LogP contribution in [0.4, 0.5) is 0 Å². The van der Waals surface area contributed by atoms with Crippen molar-refractivity contribution in [2.24, 2.45) is 0 Å². The Labute approximate surface area is 380 Å². The molecule has 61 heavy (non-hydrogen) atoms. The van der Waals surface area contributed by atoms with Crippen molar-refractivity contribution in [3.63, 3.8) is 0 Å². The standard InChI is InChI=1S/2C14H11.2C11H16O.C7H8Si.Zr/c2*1-10-8-12-7-6-11-4-2-3-5-13(11)14(12)9-10;2*1-8-5-6-10(12)9(7-8)11(2,3)4;8-6-7-4-2-1-3-5-7;/h2*2-9H,1H3;2*5-7,12H,1-4H3;1-5,8H,6H2;/q2*-1;;;;+2. The van der Waals surface area contributed by atoms with E-state index in [0.717, 1.165) is 11.1 Å². The molecule has 2 N–H and O–H groups in total. The Hall–Kier alpha value is -5.02. The van der Waals surface area contributed by atoms with Gasteiger partial charge in [-0.05, 0) is 47.9 Å². The van der Waals surface area contributed by atoms with Crippen LogP contribution in [-0.2, 0) is 40.2 Å². The van der Waals surface area contributed by atoms with Gasteiger partial charge in [0.1, 0.15) is 11.5 Å². The number of benzene rings is 7. The molecule has 0 radical (unpaired) electrons. The fraction of sp³-hybridized carbons (Fsp3) is 0.228. The molecule has 0 saturated heterocycles. The zero-order valence-corrected chi connectivity index (χ0v) is 41.4. The Balaban J connectivity index is 0.000000146. The Morgan fingerprint density at radius 2 is 0.836 bits per heavy atom. The van der Waals surface area contributed by atoms with E-state index in [1.807, 2.05) is 38.1 Å². The molecule has 310 valence electrons. The molecule has 9 aromatic rings. The zero-order valence-electron chi connectivity index (χ0n) is 37.8. The summed E-state index contributed by atoms with van der Waals surface area (Å²) in [6.45, 7) is 21.0. The number of aryl methyl sites for hydroxylation is 4. The van der Waals surface area contributed by atoms with Crippen molar-refractivity contribution in [3.8, 4) is 11.5 Å². The van der Waals surface area contributed by atoms with Gasteiger partial charge in [-0.15, -0.1) is 56.9 Å². The first-order valence-corrected chi connectivity index (χ1v) is 26.8. The molecule has 4 heteroatoms. The van der Waals surface area contributed by atoms with Crippen molar-refractivity contribution in [3.05, 3.63) is 203 Å². The normalized spacial score (nSPS) is 11.1. The van der Waals surface area contributed by atoms with Crippen molar-refractivity contribution in [2.45, 2.75) is 86.1 Å². The first kappa shape index (κ1) is 47.0. The molecule has 0 spiro atoms. The summed E-state index contributed by atoms with van der Waals surface area (Å²) in [6, 6.07) is 58.3. The van der Waals surface area contributed by atoms with E-state index in [-0.39, 0.29) is 10.8 Å². The van der Waals surface area contributed by atoms with Crippen LogP contribution in [0.25, 0.3) is 43.1 Å². The monoisotopic (exact) mass is 896 g/mol. The predicted octanol–water partition coefficient (Wildman–Crippen LogP) is 15.1. The van der Waals surface area contributed by atoms with Crippen molar-refractivity contribution in [2.75, 3.05) is 0 Å². The van der Waals surface area contributed by atoms with Gasteiger partial charge in [0.05, 0.1) is 0 Å². The summed E-state index contributed by atoms with van der Waals surface area (Å²) in [5.41, 5.74) is 8.66. The molecule has 0 bridgehead atoms. The molecule has 0 saturated carbocycles. The number of hydrogen-bond acceptors (Lipinski definition) is 2. The molecular weight excluding hydrogens is 836 g/mol. The summed E-state index contributed by atoms with van der Waals surface area (Å²) in [5, 5.41) is 30.0. The first-order chi connectivity index (χ1) is 28.9. The van der Waals surface area contributed by atoms with Crippen LogP contribution in [0.15, 0.2) is 164 Å². The Morgan fingerprint density at radius 3 is 1.21 bits per heavy atom. The summed E-state index contributed by atoms with van der Waals surface area (Å²) < 4.78 is 0. The molecule has 0 atom stereocenters. The fourth-order valence-electron chi connectivity index (χ4n) is 7.46. The van der Waals surface area contributed by atoms with E-state index >= 15 is 0 Å². The fourth-order valence-corrected chi connectivity index (χ4v) is 9.71. The van der Waals surface area contributed by atoms with Gasteiger partial charge in [0.15, 0.2) is 0 Å². The SMILES string of the molecule is Cc1cc2ccc3ccccc3c2[cH-]1.Cc1cc2ccc3ccccc3c2[cH-]1.Cc1ccc(O)c(C(C)(C)C)c1.Cc1ccc(O)c(C(C)(C)C)c1.[Zr+2]=[SiH]Cc1ccccc1. The first-order valence-electron chi connectivity index (χ1n) is 21.2. The molecule has 9 rings (SSSR count). The van der Waals surface area contributed by atoms with Crippen LogP contribution >= 0.6 is 0 Å². The second-order valence-corrected chi connectivity index (χ2v) is 21.9. The van der Waals surface area contributed by atoms with Crippen molar-refractivity contribution in [1.29, 1.82) is 0 Å². The number of fused-ring (bicyclic) bond motifs is 6. The Kier molecular flexibility index (Phi) is 16.3. The second-order valence-electron chi connectivity index (χ2n) is 18.1. The van der Waals surface area contributed by atoms with E-state index in [1.165, 1.54) is 77.0 Å². The van der Waals surface area contributed by atoms with Crippen molar-refractivity contribution >= 4 is 49.2 Å². The maximum absolute atomic E-state index is 9.57. The molecule has 0 aliphatic rings. The summed E-state index contributed by atoms with van der Waals surface area (Å²) in [7, 11) is 0. The van der Waals surface area contributed by atoms with E-state index in [0.29, 0.717) is 17.7 Å². The van der Waals surface area contributed by atoms with Crippen LogP contribution in [0.5, 0.6) is 11.5 Å². The van der Waals surface area contributed by atoms with Crippen LogP contribution in [0.3, 0.4) is 0 Å². The Bertz CT molecular complexity index is 2660.